The number of ether oxygens (including phenoxy) is 2. The van der Waals surface area contributed by atoms with Crippen LogP contribution in [0.15, 0.2) is 24.3 Å². The van der Waals surface area contributed by atoms with Crippen LogP contribution in [0.2, 0.25) is 0 Å². The number of nitrogens with zero attached hydrogens (tertiary/aromatic N) is 1. The van der Waals surface area contributed by atoms with Gasteiger partial charge in [0, 0.05) is 23.2 Å². The van der Waals surface area contributed by atoms with E-state index in [1.165, 1.54) is 14.0 Å². The van der Waals surface area contributed by atoms with E-state index in [0.717, 1.165) is 0 Å². The number of methoxy groups -OCH3 is 1. The van der Waals surface area contributed by atoms with Gasteiger partial charge in [-0.15, -0.1) is 0 Å². The molecule has 4 atom stereocenters. The summed E-state index contributed by atoms with van der Waals surface area (Å²) in [5, 5.41) is 13.5. The molecule has 0 radical (unpaired) electrons. The summed E-state index contributed by atoms with van der Waals surface area (Å²) >= 11 is 0. The van der Waals surface area contributed by atoms with E-state index >= 15 is 0 Å². The first-order chi connectivity index (χ1) is 13.2. The van der Waals surface area contributed by atoms with Gasteiger partial charge < -0.3 is 14.8 Å². The lowest BCUT2D eigenvalue weighted by Gasteiger charge is -2.19. The highest BCUT2D eigenvalue weighted by Gasteiger charge is 2.44. The summed E-state index contributed by atoms with van der Waals surface area (Å²) < 4.78 is 10.3. The van der Waals surface area contributed by atoms with Gasteiger partial charge in [0.1, 0.15) is 11.5 Å². The molecule has 0 spiro atoms. The highest BCUT2D eigenvalue weighted by atomic mass is 16.6. The molecule has 28 heavy (non-hydrogen) atoms. The zero-order valence-electron chi connectivity index (χ0n) is 16.0. The molecule has 0 aromatic heterocycles. The predicted molar refractivity (Wildman–Crippen MR) is 99.4 cm³/mol. The van der Waals surface area contributed by atoms with Gasteiger partial charge >= 0.3 is 5.97 Å². The second-order valence-electron chi connectivity index (χ2n) is 6.96. The molecule has 1 aliphatic carbocycles. The van der Waals surface area contributed by atoms with E-state index < -0.39 is 34.7 Å². The summed E-state index contributed by atoms with van der Waals surface area (Å²) in [5.74, 6) is -2.42. The van der Waals surface area contributed by atoms with E-state index in [1.807, 2.05) is 0 Å². The number of carbonyl (C=O) groups is 3. The van der Waals surface area contributed by atoms with Crippen molar-refractivity contribution in [3.8, 4) is 5.75 Å². The minimum absolute atomic E-state index is 0.165. The number of rotatable bonds is 8. The molecule has 0 unspecified atom stereocenters. The Kier molecular flexibility index (Phi) is 7.08. The number of benzene rings is 1. The molecule has 1 aliphatic rings. The maximum Gasteiger partial charge on any atom is 0.307 e. The number of ketones is 1. The Bertz CT molecular complexity index is 764. The number of hydrogen-bond donors (Lipinski definition) is 1. The lowest BCUT2D eigenvalue weighted by Crippen LogP contribution is -2.32. The normalized spacial score (nSPS) is 22.4. The third kappa shape index (κ3) is 5.28. The van der Waals surface area contributed by atoms with Gasteiger partial charge in [-0.25, -0.2) is 0 Å². The van der Waals surface area contributed by atoms with Crippen LogP contribution in [0.5, 0.6) is 5.75 Å². The van der Waals surface area contributed by atoms with Crippen LogP contribution in [0.3, 0.4) is 0 Å². The monoisotopic (exact) mass is 392 g/mol. The quantitative estimate of drug-likeness (QED) is 0.408. The molecule has 9 nitrogen and oxygen atoms in total. The Morgan fingerprint density at radius 1 is 1.36 bits per heavy atom. The zero-order chi connectivity index (χ0) is 20.8. The summed E-state index contributed by atoms with van der Waals surface area (Å²) in [4.78, 5) is 47.0. The van der Waals surface area contributed by atoms with E-state index in [0.29, 0.717) is 11.4 Å². The van der Waals surface area contributed by atoms with Gasteiger partial charge in [-0.3, -0.25) is 24.5 Å². The summed E-state index contributed by atoms with van der Waals surface area (Å²) in [5.41, 5.74) is 0.434. The van der Waals surface area contributed by atoms with E-state index in [4.69, 9.17) is 9.47 Å². The van der Waals surface area contributed by atoms with Crippen LogP contribution in [0.4, 0.5) is 5.69 Å². The second kappa shape index (κ2) is 9.29. The van der Waals surface area contributed by atoms with Gasteiger partial charge in [0.15, 0.2) is 6.10 Å². The average molecular weight is 392 g/mol. The van der Waals surface area contributed by atoms with Gasteiger partial charge in [0.05, 0.1) is 19.2 Å². The Hall–Kier alpha value is -2.97. The molecule has 2 rings (SSSR count). The van der Waals surface area contributed by atoms with Crippen LogP contribution in [0.1, 0.15) is 26.7 Å². The molecule has 0 aliphatic heterocycles. The smallest absolute Gasteiger partial charge is 0.307 e. The van der Waals surface area contributed by atoms with Crippen molar-refractivity contribution in [1.29, 1.82) is 0 Å². The first kappa shape index (κ1) is 21.3. The third-order valence-electron chi connectivity index (χ3n) is 4.97. The molecule has 0 heterocycles. The Labute approximate surface area is 162 Å². The number of anilines is 1. The molecule has 1 fully saturated rings. The molecule has 1 N–H and O–H groups in total. The fraction of sp³-hybridized carbons (Fsp3) is 0.526. The van der Waals surface area contributed by atoms with Crippen LogP contribution >= 0.6 is 0 Å². The number of nitrogens with one attached hydrogen (secondary N) is 1. The number of nitro groups is 1. The number of Topliss-reactive ketones (excluding diaryl/α,β-unsaturated/α-hetero) is 1. The van der Waals surface area contributed by atoms with Crippen LogP contribution in [0.25, 0.3) is 0 Å². The molecule has 1 amide bonds. The second-order valence-corrected chi connectivity index (χ2v) is 6.96. The molecule has 1 saturated carbocycles. The summed E-state index contributed by atoms with van der Waals surface area (Å²) in [7, 11) is 1.47. The van der Waals surface area contributed by atoms with Crippen molar-refractivity contribution in [2.45, 2.75) is 32.8 Å². The fourth-order valence-electron chi connectivity index (χ4n) is 3.46. The summed E-state index contributed by atoms with van der Waals surface area (Å²) in [6.07, 6.45) is -1.16. The molecule has 152 valence electrons. The topological polar surface area (TPSA) is 125 Å². The van der Waals surface area contributed by atoms with Crippen molar-refractivity contribution in [3.05, 3.63) is 34.4 Å². The van der Waals surface area contributed by atoms with Crippen molar-refractivity contribution in [3.63, 3.8) is 0 Å². The molecule has 0 saturated heterocycles. The Morgan fingerprint density at radius 3 is 2.68 bits per heavy atom. The first-order valence-corrected chi connectivity index (χ1v) is 9.00. The summed E-state index contributed by atoms with van der Waals surface area (Å²) in [6.45, 7) is 2.81. The lowest BCUT2D eigenvalue weighted by atomic mass is 9.88. The standard InChI is InChI=1S/C19H24N2O7/c1-11-8-16(22)13(14(11)10-21(25)26)9-18(23)28-12(2)19(24)20-15-6-4-5-7-17(15)27-3/h4-7,11-14H,8-10H2,1-3H3,(H,20,24)/t11-,12-,13+,14+/m0/s1. The SMILES string of the molecule is COc1ccccc1NC(=O)[C@H](C)OC(=O)C[C@H]1C(=O)C[C@H](C)[C@H]1C[N+](=O)[O-]. The molecule has 1 aromatic rings. The van der Waals surface area contributed by atoms with Crippen molar-refractivity contribution in [1.82, 2.24) is 0 Å². The van der Waals surface area contributed by atoms with Gasteiger partial charge in [-0.1, -0.05) is 19.1 Å². The number of esters is 1. The van der Waals surface area contributed by atoms with Gasteiger partial charge in [0.2, 0.25) is 6.54 Å². The van der Waals surface area contributed by atoms with E-state index in [9.17, 15) is 24.5 Å². The maximum absolute atomic E-state index is 12.3. The van der Waals surface area contributed by atoms with Crippen molar-refractivity contribution in [2.24, 2.45) is 17.8 Å². The van der Waals surface area contributed by atoms with Crippen molar-refractivity contribution < 1.29 is 28.8 Å². The van der Waals surface area contributed by atoms with Crippen LogP contribution in [-0.2, 0) is 19.1 Å². The Balaban J connectivity index is 1.95. The molecular weight excluding hydrogens is 368 g/mol. The van der Waals surface area contributed by atoms with Crippen LogP contribution in [-0.4, -0.2) is 42.3 Å². The van der Waals surface area contributed by atoms with E-state index in [1.54, 1.807) is 31.2 Å². The van der Waals surface area contributed by atoms with E-state index in [2.05, 4.69) is 5.32 Å². The highest BCUT2D eigenvalue weighted by Crippen LogP contribution is 2.36. The zero-order valence-corrected chi connectivity index (χ0v) is 16.0. The molecular formula is C19H24N2O7. The number of amides is 1. The number of para-hydroxylation sites is 2. The van der Waals surface area contributed by atoms with Gasteiger partial charge in [0.25, 0.3) is 5.91 Å². The predicted octanol–water partition coefficient (Wildman–Crippen LogP) is 2.07. The minimum atomic E-state index is -1.10. The number of hydrogen-bond acceptors (Lipinski definition) is 7. The van der Waals surface area contributed by atoms with Crippen molar-refractivity contribution in [2.75, 3.05) is 19.0 Å². The van der Waals surface area contributed by atoms with Crippen molar-refractivity contribution >= 4 is 23.3 Å². The third-order valence-corrected chi connectivity index (χ3v) is 4.97. The highest BCUT2D eigenvalue weighted by molar-refractivity contribution is 5.96. The largest absolute Gasteiger partial charge is 0.495 e. The fourth-order valence-corrected chi connectivity index (χ4v) is 3.46. The Morgan fingerprint density at radius 2 is 2.04 bits per heavy atom. The molecule has 0 bridgehead atoms. The summed E-state index contributed by atoms with van der Waals surface area (Å²) in [6, 6.07) is 6.79. The van der Waals surface area contributed by atoms with Crippen LogP contribution < -0.4 is 10.1 Å². The minimum Gasteiger partial charge on any atom is -0.495 e. The average Bonchev–Trinajstić information content (AvgIpc) is 2.88. The number of carbonyl (C=O) groups excluding carboxylic acids is 3. The van der Waals surface area contributed by atoms with Gasteiger partial charge in [-0.2, -0.15) is 0 Å². The van der Waals surface area contributed by atoms with E-state index in [-0.39, 0.29) is 31.1 Å². The van der Waals surface area contributed by atoms with Crippen LogP contribution in [0, 0.1) is 27.9 Å². The maximum atomic E-state index is 12.3. The first-order valence-electron chi connectivity index (χ1n) is 9.00. The van der Waals surface area contributed by atoms with Gasteiger partial charge in [-0.05, 0) is 25.0 Å². The lowest BCUT2D eigenvalue weighted by molar-refractivity contribution is -0.490. The molecule has 1 aromatic carbocycles. The molecule has 9 heteroatoms.